The molecule has 6 N–H and O–H groups in total. The SMILES string of the molecule is CNC(=O)COc1cc(C(=N)N)ccc1CNC(=O)c1cc(C)cc(OCCO)c1. The Morgan fingerprint density at radius 3 is 2.57 bits per heavy atom. The molecule has 0 aromatic heterocycles. The number of carbonyl (C=O) groups is 2. The van der Waals surface area contributed by atoms with E-state index in [4.69, 9.17) is 25.7 Å². The van der Waals surface area contributed by atoms with Gasteiger partial charge in [-0.2, -0.15) is 0 Å². The number of ether oxygens (including phenoxy) is 2. The van der Waals surface area contributed by atoms with Crippen LogP contribution < -0.4 is 25.8 Å². The summed E-state index contributed by atoms with van der Waals surface area (Å²) in [5, 5.41) is 21.7. The molecule has 0 atom stereocenters. The van der Waals surface area contributed by atoms with Gasteiger partial charge in [-0.25, -0.2) is 0 Å². The quantitative estimate of drug-likeness (QED) is 0.286. The number of carbonyl (C=O) groups excluding carboxylic acids is 2. The van der Waals surface area contributed by atoms with E-state index in [1.54, 1.807) is 36.4 Å². The summed E-state index contributed by atoms with van der Waals surface area (Å²) in [4.78, 5) is 24.1. The lowest BCUT2D eigenvalue weighted by molar-refractivity contribution is -0.122. The molecular weight excluding hydrogens is 388 g/mol. The van der Waals surface area contributed by atoms with Crippen LogP contribution in [-0.4, -0.2) is 49.6 Å². The Morgan fingerprint density at radius 2 is 1.90 bits per heavy atom. The van der Waals surface area contributed by atoms with Gasteiger partial charge in [0.2, 0.25) is 0 Å². The Morgan fingerprint density at radius 1 is 1.13 bits per heavy atom. The number of hydrogen-bond donors (Lipinski definition) is 5. The lowest BCUT2D eigenvalue weighted by Gasteiger charge is -2.14. The van der Waals surface area contributed by atoms with Crippen molar-refractivity contribution in [2.45, 2.75) is 13.5 Å². The molecule has 0 aliphatic carbocycles. The molecule has 2 aromatic rings. The van der Waals surface area contributed by atoms with Crippen LogP contribution in [0.1, 0.15) is 27.0 Å². The highest BCUT2D eigenvalue weighted by atomic mass is 16.5. The number of hydrogen-bond acceptors (Lipinski definition) is 6. The van der Waals surface area contributed by atoms with Crippen LogP contribution in [0.15, 0.2) is 36.4 Å². The largest absolute Gasteiger partial charge is 0.491 e. The third kappa shape index (κ3) is 6.49. The highest BCUT2D eigenvalue weighted by Gasteiger charge is 2.13. The minimum atomic E-state index is -0.319. The maximum atomic E-state index is 12.6. The van der Waals surface area contributed by atoms with Gasteiger partial charge in [0.25, 0.3) is 11.8 Å². The first-order valence-corrected chi connectivity index (χ1v) is 9.28. The fourth-order valence-corrected chi connectivity index (χ4v) is 2.62. The topological polar surface area (TPSA) is 147 Å². The molecule has 9 nitrogen and oxygen atoms in total. The van der Waals surface area contributed by atoms with E-state index in [-0.39, 0.29) is 44.0 Å². The number of aliphatic hydroxyl groups excluding tert-OH is 1. The number of aliphatic hydroxyl groups is 1. The molecule has 2 rings (SSSR count). The number of likely N-dealkylation sites (N-methyl/N-ethyl adjacent to an activating group) is 1. The maximum Gasteiger partial charge on any atom is 0.257 e. The van der Waals surface area contributed by atoms with Crippen molar-refractivity contribution in [1.82, 2.24) is 10.6 Å². The maximum absolute atomic E-state index is 12.6. The zero-order valence-corrected chi connectivity index (χ0v) is 17.0. The van der Waals surface area contributed by atoms with Crippen molar-refractivity contribution >= 4 is 17.6 Å². The van der Waals surface area contributed by atoms with Gasteiger partial charge >= 0.3 is 0 Å². The van der Waals surface area contributed by atoms with Gasteiger partial charge in [0.1, 0.15) is 23.9 Å². The molecule has 0 radical (unpaired) electrons. The van der Waals surface area contributed by atoms with Crippen LogP contribution in [0.2, 0.25) is 0 Å². The first kappa shape index (κ1) is 22.7. The summed E-state index contributed by atoms with van der Waals surface area (Å²) < 4.78 is 10.9. The molecule has 0 spiro atoms. The molecule has 0 unspecified atom stereocenters. The van der Waals surface area contributed by atoms with Crippen molar-refractivity contribution in [3.05, 3.63) is 58.7 Å². The van der Waals surface area contributed by atoms with Crippen LogP contribution in [0.4, 0.5) is 0 Å². The van der Waals surface area contributed by atoms with Gasteiger partial charge in [0.15, 0.2) is 6.61 Å². The molecule has 0 aliphatic rings. The number of rotatable bonds is 10. The average molecular weight is 414 g/mol. The minimum absolute atomic E-state index is 0.120. The van der Waals surface area contributed by atoms with E-state index in [1.165, 1.54) is 7.05 Å². The van der Waals surface area contributed by atoms with E-state index in [1.807, 2.05) is 6.92 Å². The van der Waals surface area contributed by atoms with Gasteiger partial charge in [-0.1, -0.05) is 12.1 Å². The zero-order valence-electron chi connectivity index (χ0n) is 17.0. The molecule has 2 amide bonds. The van der Waals surface area contributed by atoms with Crippen LogP contribution in [0.25, 0.3) is 0 Å². The predicted octanol–water partition coefficient (Wildman–Crippen LogP) is 0.705. The summed E-state index contributed by atoms with van der Waals surface area (Å²) in [7, 11) is 1.50. The molecule has 0 aliphatic heterocycles. The number of amides is 2. The summed E-state index contributed by atoms with van der Waals surface area (Å²) in [6.45, 7) is 1.79. The number of nitrogen functional groups attached to an aromatic ring is 1. The van der Waals surface area contributed by atoms with Crippen LogP contribution in [0, 0.1) is 12.3 Å². The molecule has 30 heavy (non-hydrogen) atoms. The Bertz CT molecular complexity index is 930. The Balaban J connectivity index is 2.15. The number of aryl methyl sites for hydroxylation is 1. The fourth-order valence-electron chi connectivity index (χ4n) is 2.62. The van der Waals surface area contributed by atoms with Gasteiger partial charge in [-0.05, 0) is 36.8 Å². The molecule has 160 valence electrons. The number of benzene rings is 2. The Hall–Kier alpha value is -3.59. The van der Waals surface area contributed by atoms with Crippen molar-refractivity contribution in [1.29, 1.82) is 5.41 Å². The molecule has 0 saturated carbocycles. The third-order valence-corrected chi connectivity index (χ3v) is 4.13. The van der Waals surface area contributed by atoms with Crippen molar-refractivity contribution in [3.63, 3.8) is 0 Å². The van der Waals surface area contributed by atoms with Crippen molar-refractivity contribution in [3.8, 4) is 11.5 Å². The molecule has 0 bridgehead atoms. The third-order valence-electron chi connectivity index (χ3n) is 4.13. The van der Waals surface area contributed by atoms with E-state index in [2.05, 4.69) is 10.6 Å². The van der Waals surface area contributed by atoms with E-state index in [0.29, 0.717) is 28.2 Å². The van der Waals surface area contributed by atoms with E-state index in [0.717, 1.165) is 5.56 Å². The van der Waals surface area contributed by atoms with Crippen molar-refractivity contribution in [2.75, 3.05) is 26.9 Å². The smallest absolute Gasteiger partial charge is 0.257 e. The van der Waals surface area contributed by atoms with Gasteiger partial charge in [0, 0.05) is 30.3 Å². The van der Waals surface area contributed by atoms with Gasteiger partial charge < -0.3 is 30.9 Å². The summed E-state index contributed by atoms with van der Waals surface area (Å²) in [5.41, 5.74) is 7.86. The number of nitrogens with two attached hydrogens (primary N) is 1. The van der Waals surface area contributed by atoms with Gasteiger partial charge in [0.05, 0.1) is 6.61 Å². The average Bonchev–Trinajstić information content (AvgIpc) is 2.73. The Kier molecular flexibility index (Phi) is 8.18. The molecule has 9 heteroatoms. The van der Waals surface area contributed by atoms with Gasteiger partial charge in [-0.15, -0.1) is 0 Å². The first-order valence-electron chi connectivity index (χ1n) is 9.28. The number of amidine groups is 1. The van der Waals surface area contributed by atoms with Crippen LogP contribution in [-0.2, 0) is 11.3 Å². The molecular formula is C21H26N4O5. The predicted molar refractivity (Wildman–Crippen MR) is 112 cm³/mol. The summed E-state index contributed by atoms with van der Waals surface area (Å²) in [6, 6.07) is 9.98. The van der Waals surface area contributed by atoms with Crippen LogP contribution in [0.3, 0.4) is 0 Å². The van der Waals surface area contributed by atoms with E-state index < -0.39 is 0 Å². The molecule has 0 saturated heterocycles. The van der Waals surface area contributed by atoms with E-state index in [9.17, 15) is 9.59 Å². The first-order chi connectivity index (χ1) is 14.3. The second kappa shape index (κ2) is 10.8. The van der Waals surface area contributed by atoms with E-state index >= 15 is 0 Å². The lowest BCUT2D eigenvalue weighted by Crippen LogP contribution is -2.26. The monoisotopic (exact) mass is 414 g/mol. The minimum Gasteiger partial charge on any atom is -0.491 e. The molecule has 2 aromatic carbocycles. The Labute approximate surface area is 174 Å². The lowest BCUT2D eigenvalue weighted by atomic mass is 10.1. The standard InChI is InChI=1S/C21H26N4O5/c1-13-7-16(9-17(8-13)29-6-5-26)21(28)25-11-15-4-3-14(20(22)23)10-18(15)30-12-19(27)24-2/h3-4,7-10,26H,5-6,11-12H2,1-2H3,(H3,22,23)(H,24,27)(H,25,28). The summed E-state index contributed by atoms with van der Waals surface area (Å²) in [6.07, 6.45) is 0. The fraction of sp³-hybridized carbons (Fsp3) is 0.286. The summed E-state index contributed by atoms with van der Waals surface area (Å²) in [5.74, 6) is 0.0804. The molecule has 0 fully saturated rings. The number of nitrogens with one attached hydrogen (secondary N) is 3. The van der Waals surface area contributed by atoms with Crippen molar-refractivity contribution in [2.24, 2.45) is 5.73 Å². The summed E-state index contributed by atoms with van der Waals surface area (Å²) >= 11 is 0. The normalized spacial score (nSPS) is 10.2. The highest BCUT2D eigenvalue weighted by Crippen LogP contribution is 2.21. The zero-order chi connectivity index (χ0) is 22.1. The molecule has 0 heterocycles. The van der Waals surface area contributed by atoms with Crippen molar-refractivity contribution < 1.29 is 24.2 Å². The second-order valence-corrected chi connectivity index (χ2v) is 6.49. The second-order valence-electron chi connectivity index (χ2n) is 6.49. The van der Waals surface area contributed by atoms with Crippen LogP contribution in [0.5, 0.6) is 11.5 Å². The van der Waals surface area contributed by atoms with Gasteiger partial charge in [-0.3, -0.25) is 15.0 Å². The highest BCUT2D eigenvalue weighted by molar-refractivity contribution is 5.96. The van der Waals surface area contributed by atoms with Crippen LogP contribution >= 0.6 is 0 Å².